The maximum atomic E-state index is 14.4. The second kappa shape index (κ2) is 14.2. The first-order valence-electron chi connectivity index (χ1n) is 14.4. The molecule has 0 aliphatic heterocycles. The zero-order valence-corrected chi connectivity index (χ0v) is 26.0. The summed E-state index contributed by atoms with van der Waals surface area (Å²) < 4.78 is 29.4. The Bertz CT molecular complexity index is 1640. The van der Waals surface area contributed by atoms with Crippen molar-refractivity contribution in [2.24, 2.45) is 0 Å². The highest BCUT2D eigenvalue weighted by Gasteiger charge is 2.34. The van der Waals surface area contributed by atoms with E-state index in [1.165, 1.54) is 4.90 Å². The Labute approximate surface area is 255 Å². The smallest absolute Gasteiger partial charge is 0.264 e. The number of anilines is 1. The Morgan fingerprint density at radius 2 is 1.37 bits per heavy atom. The third-order valence-electron chi connectivity index (χ3n) is 7.48. The number of sulfonamides is 1. The van der Waals surface area contributed by atoms with E-state index in [-0.39, 0.29) is 23.8 Å². The number of hydrogen-bond acceptors (Lipinski definition) is 4. The summed E-state index contributed by atoms with van der Waals surface area (Å²) in [4.78, 5) is 29.5. The molecule has 4 aromatic rings. The van der Waals surface area contributed by atoms with Gasteiger partial charge in [-0.15, -0.1) is 0 Å². The Morgan fingerprint density at radius 3 is 1.95 bits per heavy atom. The minimum atomic E-state index is -4.13. The van der Waals surface area contributed by atoms with Crippen LogP contribution in [0.3, 0.4) is 0 Å². The van der Waals surface area contributed by atoms with E-state index in [1.807, 2.05) is 94.4 Å². The molecule has 1 N–H and O–H groups in total. The van der Waals surface area contributed by atoms with Gasteiger partial charge in [-0.3, -0.25) is 13.9 Å². The predicted molar refractivity (Wildman–Crippen MR) is 171 cm³/mol. The van der Waals surface area contributed by atoms with Gasteiger partial charge in [0.25, 0.3) is 10.0 Å². The van der Waals surface area contributed by atoms with Crippen LogP contribution in [0.2, 0.25) is 0 Å². The summed E-state index contributed by atoms with van der Waals surface area (Å²) in [5.74, 6) is -0.778. The monoisotopic (exact) mass is 597 g/mol. The largest absolute Gasteiger partial charge is 0.355 e. The fourth-order valence-corrected chi connectivity index (χ4v) is 6.28. The first kappa shape index (κ1) is 31.5. The van der Waals surface area contributed by atoms with Gasteiger partial charge in [-0.25, -0.2) is 8.42 Å². The SMILES string of the molecule is CCNC(=O)[C@H](Cc1ccccc1)N(Cc1ccccc1)C(=O)CN(c1ccc(C)c(C)c1)S(=O)(=O)c1ccc(C)cc1. The van der Waals surface area contributed by atoms with E-state index < -0.39 is 28.5 Å². The van der Waals surface area contributed by atoms with E-state index in [1.54, 1.807) is 36.4 Å². The number of carbonyl (C=O) groups excluding carboxylic acids is 2. The maximum Gasteiger partial charge on any atom is 0.264 e. The number of rotatable bonds is 12. The molecule has 0 aromatic heterocycles. The second-order valence-electron chi connectivity index (χ2n) is 10.7. The van der Waals surface area contributed by atoms with Crippen molar-refractivity contribution in [3.05, 3.63) is 131 Å². The van der Waals surface area contributed by atoms with Gasteiger partial charge >= 0.3 is 0 Å². The average molecular weight is 598 g/mol. The summed E-state index contributed by atoms with van der Waals surface area (Å²) in [6, 6.07) is 30.0. The van der Waals surface area contributed by atoms with Gasteiger partial charge < -0.3 is 10.2 Å². The molecule has 0 saturated carbocycles. The summed E-state index contributed by atoms with van der Waals surface area (Å²) in [6.45, 7) is 7.63. The summed E-state index contributed by atoms with van der Waals surface area (Å²) in [6.07, 6.45) is 0.277. The van der Waals surface area contributed by atoms with Gasteiger partial charge in [0.15, 0.2) is 0 Å². The number of aryl methyl sites for hydroxylation is 3. The van der Waals surface area contributed by atoms with E-state index in [4.69, 9.17) is 0 Å². The predicted octanol–water partition coefficient (Wildman–Crippen LogP) is 5.58. The normalized spacial score (nSPS) is 11.9. The molecule has 7 nitrogen and oxygen atoms in total. The van der Waals surface area contributed by atoms with Crippen LogP contribution in [0, 0.1) is 20.8 Å². The van der Waals surface area contributed by atoms with Crippen LogP contribution in [0.15, 0.2) is 108 Å². The lowest BCUT2D eigenvalue weighted by atomic mass is 10.0. The number of nitrogens with zero attached hydrogens (tertiary/aromatic N) is 2. The van der Waals surface area contributed by atoms with E-state index in [0.717, 1.165) is 32.1 Å². The minimum Gasteiger partial charge on any atom is -0.355 e. The fourth-order valence-electron chi connectivity index (χ4n) is 4.87. The fraction of sp³-hybridized carbons (Fsp3) is 0.257. The molecule has 8 heteroatoms. The van der Waals surface area contributed by atoms with Crippen LogP contribution >= 0.6 is 0 Å². The van der Waals surface area contributed by atoms with Crippen molar-refractivity contribution >= 4 is 27.5 Å². The van der Waals surface area contributed by atoms with Crippen LogP contribution < -0.4 is 9.62 Å². The lowest BCUT2D eigenvalue weighted by Gasteiger charge is -2.34. The van der Waals surface area contributed by atoms with Crippen molar-refractivity contribution < 1.29 is 18.0 Å². The highest BCUT2D eigenvalue weighted by atomic mass is 32.2. The number of hydrogen-bond donors (Lipinski definition) is 1. The Balaban J connectivity index is 1.80. The Kier molecular flexibility index (Phi) is 10.4. The van der Waals surface area contributed by atoms with E-state index in [0.29, 0.717) is 12.2 Å². The number of benzene rings is 4. The third kappa shape index (κ3) is 7.90. The summed E-state index contributed by atoms with van der Waals surface area (Å²) in [5.41, 5.74) is 4.94. The highest BCUT2D eigenvalue weighted by Crippen LogP contribution is 2.27. The zero-order valence-electron chi connectivity index (χ0n) is 25.2. The number of nitrogens with one attached hydrogen (secondary N) is 1. The molecule has 0 aliphatic carbocycles. The Morgan fingerprint density at radius 1 is 0.767 bits per heavy atom. The van der Waals surface area contributed by atoms with Gasteiger partial charge in [0.1, 0.15) is 12.6 Å². The number of amides is 2. The van der Waals surface area contributed by atoms with Crippen molar-refractivity contribution in [1.82, 2.24) is 10.2 Å². The van der Waals surface area contributed by atoms with Crippen LogP contribution in [0.5, 0.6) is 0 Å². The lowest BCUT2D eigenvalue weighted by Crippen LogP contribution is -2.53. The molecule has 0 fully saturated rings. The first-order chi connectivity index (χ1) is 20.6. The zero-order chi connectivity index (χ0) is 31.0. The van der Waals surface area contributed by atoms with Gasteiger partial charge in [0, 0.05) is 19.5 Å². The number of carbonyl (C=O) groups is 2. The van der Waals surface area contributed by atoms with E-state index in [2.05, 4.69) is 5.32 Å². The molecule has 0 saturated heterocycles. The van der Waals surface area contributed by atoms with Crippen molar-refractivity contribution in [2.45, 2.75) is 51.6 Å². The molecule has 4 rings (SSSR count). The molecule has 0 aliphatic rings. The molecule has 0 spiro atoms. The molecular formula is C35H39N3O4S. The molecule has 0 radical (unpaired) electrons. The molecule has 43 heavy (non-hydrogen) atoms. The standard InChI is InChI=1S/C35H39N3O4S/c1-5-36-35(40)33(23-29-12-8-6-9-13-29)37(24-30-14-10-7-11-15-30)34(39)25-38(31-19-18-27(3)28(4)22-31)43(41,42)32-20-16-26(2)17-21-32/h6-22,33H,5,23-25H2,1-4H3,(H,36,40)/t33-/m0/s1. The molecule has 0 bridgehead atoms. The number of likely N-dealkylation sites (N-methyl/N-ethyl adjacent to an activating group) is 1. The van der Waals surface area contributed by atoms with Gasteiger partial charge in [0.05, 0.1) is 10.6 Å². The van der Waals surface area contributed by atoms with Gasteiger partial charge in [-0.1, -0.05) is 84.4 Å². The van der Waals surface area contributed by atoms with Gasteiger partial charge in [-0.05, 0) is 74.2 Å². The molecule has 4 aromatic carbocycles. The van der Waals surface area contributed by atoms with Crippen LogP contribution in [-0.4, -0.2) is 44.3 Å². The van der Waals surface area contributed by atoms with E-state index in [9.17, 15) is 18.0 Å². The van der Waals surface area contributed by atoms with Gasteiger partial charge in [0.2, 0.25) is 11.8 Å². The molecule has 2 amide bonds. The Hall–Kier alpha value is -4.43. The summed E-state index contributed by atoms with van der Waals surface area (Å²) >= 11 is 0. The maximum absolute atomic E-state index is 14.4. The van der Waals surface area contributed by atoms with Crippen molar-refractivity contribution in [3.63, 3.8) is 0 Å². The van der Waals surface area contributed by atoms with Crippen LogP contribution in [0.4, 0.5) is 5.69 Å². The van der Waals surface area contributed by atoms with Gasteiger partial charge in [-0.2, -0.15) is 0 Å². The van der Waals surface area contributed by atoms with Crippen LogP contribution in [0.25, 0.3) is 0 Å². The summed E-state index contributed by atoms with van der Waals surface area (Å²) in [5, 5.41) is 2.88. The second-order valence-corrected chi connectivity index (χ2v) is 12.6. The molecule has 0 heterocycles. The topological polar surface area (TPSA) is 86.8 Å². The van der Waals surface area contributed by atoms with Crippen molar-refractivity contribution in [2.75, 3.05) is 17.4 Å². The van der Waals surface area contributed by atoms with Crippen molar-refractivity contribution in [1.29, 1.82) is 0 Å². The summed E-state index contributed by atoms with van der Waals surface area (Å²) in [7, 11) is -4.13. The molecule has 0 unspecified atom stereocenters. The van der Waals surface area contributed by atoms with Crippen LogP contribution in [0.1, 0.15) is 34.7 Å². The molecule has 224 valence electrons. The van der Waals surface area contributed by atoms with E-state index >= 15 is 0 Å². The average Bonchev–Trinajstić information content (AvgIpc) is 3.00. The minimum absolute atomic E-state index is 0.0864. The lowest BCUT2D eigenvalue weighted by molar-refractivity contribution is -0.140. The first-order valence-corrected chi connectivity index (χ1v) is 15.9. The van der Waals surface area contributed by atoms with Crippen LogP contribution in [-0.2, 0) is 32.6 Å². The third-order valence-corrected chi connectivity index (χ3v) is 9.27. The highest BCUT2D eigenvalue weighted by molar-refractivity contribution is 7.92. The van der Waals surface area contributed by atoms with Crippen molar-refractivity contribution in [3.8, 4) is 0 Å². The molecular weight excluding hydrogens is 558 g/mol. The quantitative estimate of drug-likeness (QED) is 0.231. The molecule has 1 atom stereocenters.